The van der Waals surface area contributed by atoms with Crippen molar-refractivity contribution in [2.45, 2.75) is 13.0 Å². The lowest BCUT2D eigenvalue weighted by Crippen LogP contribution is -2.21. The normalized spacial score (nSPS) is 11.0. The van der Waals surface area contributed by atoms with E-state index < -0.39 is 5.97 Å². The van der Waals surface area contributed by atoms with E-state index in [9.17, 15) is 4.79 Å². The smallest absolute Gasteiger partial charge is 0.304 e. The van der Waals surface area contributed by atoms with E-state index in [-0.39, 0.29) is 6.42 Å². The standard InChI is InChI=1S/C12H14N2O2S2/c1-14(4-2-11(15)16)6-10-8-18-12(13-10)9-3-5-17-7-9/h3,5,7-8H,2,4,6H2,1H3,(H,15,16). The van der Waals surface area contributed by atoms with Crippen LogP contribution in [0.4, 0.5) is 0 Å². The maximum absolute atomic E-state index is 10.5. The van der Waals surface area contributed by atoms with Crippen molar-refractivity contribution in [2.75, 3.05) is 13.6 Å². The maximum Gasteiger partial charge on any atom is 0.304 e. The van der Waals surface area contributed by atoms with Crippen molar-refractivity contribution in [3.05, 3.63) is 27.9 Å². The predicted molar refractivity (Wildman–Crippen MR) is 74.0 cm³/mol. The van der Waals surface area contributed by atoms with Crippen molar-refractivity contribution >= 4 is 28.6 Å². The van der Waals surface area contributed by atoms with Crippen LogP contribution in [0.1, 0.15) is 12.1 Å². The largest absolute Gasteiger partial charge is 0.481 e. The minimum Gasteiger partial charge on any atom is -0.481 e. The zero-order valence-corrected chi connectivity index (χ0v) is 11.6. The topological polar surface area (TPSA) is 53.4 Å². The number of nitrogens with zero attached hydrogens (tertiary/aromatic N) is 2. The van der Waals surface area contributed by atoms with Crippen LogP contribution in [0, 0.1) is 0 Å². The van der Waals surface area contributed by atoms with Gasteiger partial charge in [0.1, 0.15) is 5.01 Å². The van der Waals surface area contributed by atoms with Crippen LogP contribution in [0.5, 0.6) is 0 Å². The van der Waals surface area contributed by atoms with Gasteiger partial charge in [0.15, 0.2) is 0 Å². The second-order valence-electron chi connectivity index (χ2n) is 4.04. The summed E-state index contributed by atoms with van der Waals surface area (Å²) in [6.07, 6.45) is 0.165. The van der Waals surface area contributed by atoms with Crippen LogP contribution in [0.3, 0.4) is 0 Å². The molecule has 0 unspecified atom stereocenters. The highest BCUT2D eigenvalue weighted by Crippen LogP contribution is 2.25. The number of thiophene rings is 1. The van der Waals surface area contributed by atoms with Gasteiger partial charge in [-0.05, 0) is 18.5 Å². The number of carboxylic acid groups (broad SMARTS) is 1. The predicted octanol–water partition coefficient (Wildman–Crippen LogP) is 2.78. The molecule has 0 spiro atoms. The van der Waals surface area contributed by atoms with E-state index in [1.165, 1.54) is 0 Å². The molecule has 0 aliphatic carbocycles. The number of thiazole rings is 1. The Labute approximate surface area is 114 Å². The van der Waals surface area contributed by atoms with Crippen LogP contribution in [-0.2, 0) is 11.3 Å². The Hall–Kier alpha value is -1.24. The summed E-state index contributed by atoms with van der Waals surface area (Å²) in [4.78, 5) is 17.0. The number of aromatic nitrogens is 1. The molecular weight excluding hydrogens is 268 g/mol. The Morgan fingerprint density at radius 2 is 2.33 bits per heavy atom. The lowest BCUT2D eigenvalue weighted by atomic mass is 10.3. The third kappa shape index (κ3) is 3.63. The van der Waals surface area contributed by atoms with Gasteiger partial charge in [0.25, 0.3) is 0 Å². The van der Waals surface area contributed by atoms with Crippen molar-refractivity contribution in [3.8, 4) is 10.6 Å². The van der Waals surface area contributed by atoms with Crippen LogP contribution in [0.15, 0.2) is 22.2 Å². The Bertz CT molecular complexity index is 508. The quantitative estimate of drug-likeness (QED) is 0.885. The molecule has 6 heteroatoms. The van der Waals surface area contributed by atoms with E-state index in [0.717, 1.165) is 16.3 Å². The van der Waals surface area contributed by atoms with E-state index in [4.69, 9.17) is 5.11 Å². The fraction of sp³-hybridized carbons (Fsp3) is 0.333. The minimum absolute atomic E-state index is 0.165. The van der Waals surface area contributed by atoms with Crippen LogP contribution in [0.2, 0.25) is 0 Å². The van der Waals surface area contributed by atoms with Crippen LogP contribution in [-0.4, -0.2) is 34.6 Å². The van der Waals surface area contributed by atoms with E-state index in [2.05, 4.69) is 16.4 Å². The number of carboxylic acids is 1. The summed E-state index contributed by atoms with van der Waals surface area (Å²) in [5.74, 6) is -0.765. The first-order valence-corrected chi connectivity index (χ1v) is 7.34. The number of hydrogen-bond donors (Lipinski definition) is 1. The molecule has 0 amide bonds. The van der Waals surface area contributed by atoms with Gasteiger partial charge in [0.05, 0.1) is 12.1 Å². The lowest BCUT2D eigenvalue weighted by molar-refractivity contribution is -0.137. The first-order valence-electron chi connectivity index (χ1n) is 5.52. The minimum atomic E-state index is -0.765. The molecule has 0 fully saturated rings. The van der Waals surface area contributed by atoms with Gasteiger partial charge in [0, 0.05) is 29.4 Å². The molecule has 2 aromatic heterocycles. The highest BCUT2D eigenvalue weighted by molar-refractivity contribution is 7.14. The summed E-state index contributed by atoms with van der Waals surface area (Å²) in [5.41, 5.74) is 2.15. The molecule has 0 saturated carbocycles. The van der Waals surface area contributed by atoms with Gasteiger partial charge >= 0.3 is 5.97 Å². The van der Waals surface area contributed by atoms with E-state index in [1.54, 1.807) is 22.7 Å². The molecule has 0 aromatic carbocycles. The number of rotatable bonds is 6. The average Bonchev–Trinajstić information content (AvgIpc) is 2.95. The summed E-state index contributed by atoms with van der Waals surface area (Å²) >= 11 is 3.29. The summed E-state index contributed by atoms with van der Waals surface area (Å²) in [7, 11) is 1.91. The highest BCUT2D eigenvalue weighted by Gasteiger charge is 2.08. The molecule has 2 heterocycles. The van der Waals surface area contributed by atoms with Crippen molar-refractivity contribution in [2.24, 2.45) is 0 Å². The highest BCUT2D eigenvalue weighted by atomic mass is 32.1. The molecule has 2 aromatic rings. The van der Waals surface area contributed by atoms with Crippen molar-refractivity contribution in [3.63, 3.8) is 0 Å². The van der Waals surface area contributed by atoms with Crippen molar-refractivity contribution in [1.29, 1.82) is 0 Å². The molecule has 0 bridgehead atoms. The number of hydrogen-bond acceptors (Lipinski definition) is 5. The Morgan fingerprint density at radius 3 is 3.00 bits per heavy atom. The lowest BCUT2D eigenvalue weighted by Gasteiger charge is -2.13. The number of carbonyl (C=O) groups is 1. The van der Waals surface area contributed by atoms with Gasteiger partial charge < -0.3 is 5.11 Å². The fourth-order valence-electron chi connectivity index (χ4n) is 1.54. The zero-order valence-electron chi connectivity index (χ0n) is 10.00. The molecule has 2 rings (SSSR count). The molecule has 0 radical (unpaired) electrons. The van der Waals surface area contributed by atoms with Gasteiger partial charge in [-0.25, -0.2) is 4.98 Å². The molecule has 96 valence electrons. The van der Waals surface area contributed by atoms with Gasteiger partial charge in [-0.2, -0.15) is 11.3 Å². The van der Waals surface area contributed by atoms with Gasteiger partial charge in [-0.1, -0.05) is 0 Å². The van der Waals surface area contributed by atoms with Crippen LogP contribution < -0.4 is 0 Å². The maximum atomic E-state index is 10.5. The number of aliphatic carboxylic acids is 1. The summed E-state index contributed by atoms with van der Waals surface area (Å²) in [6, 6.07) is 2.06. The van der Waals surface area contributed by atoms with Crippen molar-refractivity contribution < 1.29 is 9.90 Å². The Balaban J connectivity index is 1.92. The first-order chi connectivity index (χ1) is 8.65. The SMILES string of the molecule is CN(CCC(=O)O)Cc1csc(-c2ccsc2)n1. The molecular formula is C12H14N2O2S2. The molecule has 4 nitrogen and oxygen atoms in total. The Kier molecular flexibility index (Phi) is 4.46. The molecule has 18 heavy (non-hydrogen) atoms. The third-order valence-electron chi connectivity index (χ3n) is 2.46. The average molecular weight is 282 g/mol. The van der Waals surface area contributed by atoms with E-state index in [1.807, 2.05) is 22.7 Å². The first kappa shape index (κ1) is 13.2. The molecule has 1 N–H and O–H groups in total. The van der Waals surface area contributed by atoms with Gasteiger partial charge in [-0.3, -0.25) is 9.69 Å². The second-order valence-corrected chi connectivity index (χ2v) is 5.68. The monoisotopic (exact) mass is 282 g/mol. The molecule has 0 saturated heterocycles. The van der Waals surface area contributed by atoms with Crippen molar-refractivity contribution in [1.82, 2.24) is 9.88 Å². The summed E-state index contributed by atoms with van der Waals surface area (Å²) < 4.78 is 0. The third-order valence-corrected chi connectivity index (χ3v) is 4.08. The van der Waals surface area contributed by atoms with Gasteiger partial charge in [0.2, 0.25) is 0 Å². The van der Waals surface area contributed by atoms with Crippen LogP contribution in [0.25, 0.3) is 10.6 Å². The summed E-state index contributed by atoms with van der Waals surface area (Å²) in [6.45, 7) is 1.23. The molecule has 0 aliphatic rings. The summed E-state index contributed by atoms with van der Waals surface area (Å²) in [5, 5.41) is 15.8. The fourth-order valence-corrected chi connectivity index (χ4v) is 3.06. The van der Waals surface area contributed by atoms with E-state index in [0.29, 0.717) is 13.1 Å². The zero-order chi connectivity index (χ0) is 13.0. The Morgan fingerprint density at radius 1 is 1.50 bits per heavy atom. The second kappa shape index (κ2) is 6.08. The molecule has 0 aliphatic heterocycles. The van der Waals surface area contributed by atoms with Gasteiger partial charge in [-0.15, -0.1) is 11.3 Å². The van der Waals surface area contributed by atoms with Crippen LogP contribution >= 0.6 is 22.7 Å². The van der Waals surface area contributed by atoms with E-state index >= 15 is 0 Å². The molecule has 0 atom stereocenters.